The van der Waals surface area contributed by atoms with Crippen molar-refractivity contribution in [2.75, 3.05) is 0 Å². The third-order valence-electron chi connectivity index (χ3n) is 0.891. The topological polar surface area (TPSA) is 132 Å². The van der Waals surface area contributed by atoms with Crippen molar-refractivity contribution in [3.63, 3.8) is 0 Å². The van der Waals surface area contributed by atoms with Gasteiger partial charge in [0.15, 0.2) is 0 Å². The molecular weight excluding hydrogens is 355 g/mol. The van der Waals surface area contributed by atoms with Crippen molar-refractivity contribution in [2.45, 2.75) is 18.5 Å². The van der Waals surface area contributed by atoms with Gasteiger partial charge in [0, 0.05) is 22.5 Å². The zero-order chi connectivity index (χ0) is 8.36. The van der Waals surface area contributed by atoms with Crippen LogP contribution >= 0.6 is 0 Å². The van der Waals surface area contributed by atoms with Crippen molar-refractivity contribution < 1.29 is 38.6 Å². The van der Waals surface area contributed by atoms with Crippen LogP contribution < -0.4 is 11.5 Å². The molecule has 8 heteroatoms. The summed E-state index contributed by atoms with van der Waals surface area (Å²) in [6.07, 6.45) is 1.03. The van der Waals surface area contributed by atoms with Crippen molar-refractivity contribution in [2.24, 2.45) is 11.5 Å². The molecule has 6 nitrogen and oxygen atoms in total. The maximum absolute atomic E-state index is 8.52. The van der Waals surface area contributed by atoms with Crippen molar-refractivity contribution in [3.05, 3.63) is 0 Å². The first-order valence-corrected chi connectivity index (χ1v) is 3.82. The third-order valence-corrected chi connectivity index (χ3v) is 0.891. The Hall–Kier alpha value is 0.478. The van der Waals surface area contributed by atoms with E-state index in [9.17, 15) is 0 Å². The summed E-state index contributed by atoms with van der Waals surface area (Å²) in [6, 6.07) is 0.657. The molecule has 0 aromatic rings. The van der Waals surface area contributed by atoms with Gasteiger partial charge in [-0.2, -0.15) is 0 Å². The molecule has 0 amide bonds. The molecule has 0 spiro atoms. The number of hydrogen-bond donors (Lipinski definition) is 2. The summed E-state index contributed by atoms with van der Waals surface area (Å²) in [4.78, 5) is 0. The number of hydrogen-bond acceptors (Lipinski definition) is 6. The predicted octanol–water partition coefficient (Wildman–Crippen LogP) is -2.30. The summed E-state index contributed by atoms with van der Waals surface area (Å²) in [5.41, 5.74) is 10.5. The van der Waals surface area contributed by atoms with Gasteiger partial charge < -0.3 is 20.6 Å². The van der Waals surface area contributed by atoms with Gasteiger partial charge in [0.25, 0.3) is 0 Å². The Morgan fingerprint density at radius 3 is 1.27 bits per heavy atom. The molecule has 4 N–H and O–H groups in total. The molecule has 11 heavy (non-hydrogen) atoms. The molecule has 0 saturated heterocycles. The van der Waals surface area contributed by atoms with Gasteiger partial charge in [0.05, 0.1) is 0 Å². The molecule has 1 saturated carbocycles. The molecule has 70 valence electrons. The van der Waals surface area contributed by atoms with Gasteiger partial charge in [-0.1, -0.05) is 0 Å². The second kappa shape index (κ2) is 5.18. The minimum atomic E-state index is -5.17. The second-order valence-corrected chi connectivity index (χ2v) is 2.79. The zero-order valence-corrected chi connectivity index (χ0v) is 8.46. The maximum Gasteiger partial charge on any atom is 2.00 e. The maximum atomic E-state index is 8.52. The SMILES string of the molecule is N[C@@H]1C[C@H]1N.O=S(=O)([O-])[O-].[Pt+2]. The Bertz CT molecular complexity index is 180. The minimum absolute atomic E-state index is 0. The fourth-order valence-electron chi connectivity index (χ4n) is 0.236. The molecule has 0 aliphatic heterocycles. The Morgan fingerprint density at radius 1 is 1.18 bits per heavy atom. The van der Waals surface area contributed by atoms with E-state index in [0.717, 1.165) is 6.42 Å². The van der Waals surface area contributed by atoms with Gasteiger partial charge >= 0.3 is 21.1 Å². The zero-order valence-electron chi connectivity index (χ0n) is 5.37. The summed E-state index contributed by atoms with van der Waals surface area (Å²) in [7, 11) is -5.17. The summed E-state index contributed by atoms with van der Waals surface area (Å²) in [5.74, 6) is 0. The van der Waals surface area contributed by atoms with Crippen LogP contribution in [0.4, 0.5) is 0 Å². The number of nitrogens with two attached hydrogens (primary N) is 2. The molecular formula is C3H8N2O4PtS. The van der Waals surface area contributed by atoms with E-state index in [0.29, 0.717) is 12.1 Å². The van der Waals surface area contributed by atoms with Crippen LogP contribution in [0, 0.1) is 0 Å². The van der Waals surface area contributed by atoms with Crippen LogP contribution in [-0.4, -0.2) is 29.6 Å². The Morgan fingerprint density at radius 2 is 1.27 bits per heavy atom. The molecule has 1 aliphatic carbocycles. The average molecular weight is 363 g/mol. The van der Waals surface area contributed by atoms with Gasteiger partial charge in [-0.3, -0.25) is 8.42 Å². The van der Waals surface area contributed by atoms with Crippen LogP contribution in [0.1, 0.15) is 6.42 Å². The molecule has 0 unspecified atom stereocenters. The number of rotatable bonds is 0. The van der Waals surface area contributed by atoms with E-state index in [1.54, 1.807) is 0 Å². The van der Waals surface area contributed by atoms with Crippen molar-refractivity contribution in [1.29, 1.82) is 0 Å². The smallest absolute Gasteiger partial charge is 0.759 e. The Kier molecular flexibility index (Phi) is 6.61. The van der Waals surface area contributed by atoms with E-state index in [1.807, 2.05) is 0 Å². The summed E-state index contributed by atoms with van der Waals surface area (Å²) in [6.45, 7) is 0. The molecule has 0 aromatic heterocycles. The molecule has 1 rings (SSSR count). The first kappa shape index (κ1) is 14.0. The Balaban J connectivity index is 0. The normalized spacial score (nSPS) is 27.6. The fraction of sp³-hybridized carbons (Fsp3) is 1.00. The van der Waals surface area contributed by atoms with E-state index >= 15 is 0 Å². The summed E-state index contributed by atoms with van der Waals surface area (Å²) >= 11 is 0. The summed E-state index contributed by atoms with van der Waals surface area (Å²) < 4.78 is 34.1. The molecule has 0 bridgehead atoms. The largest absolute Gasteiger partial charge is 2.00 e. The minimum Gasteiger partial charge on any atom is -0.759 e. The fourth-order valence-corrected chi connectivity index (χ4v) is 0.236. The monoisotopic (exact) mass is 363 g/mol. The van der Waals surface area contributed by atoms with Crippen LogP contribution in [0.5, 0.6) is 0 Å². The van der Waals surface area contributed by atoms with Crippen LogP contribution in [0.15, 0.2) is 0 Å². The molecule has 2 atom stereocenters. The van der Waals surface area contributed by atoms with Crippen LogP contribution in [-0.2, 0) is 31.5 Å². The van der Waals surface area contributed by atoms with E-state index < -0.39 is 10.4 Å². The third kappa shape index (κ3) is 17.9. The van der Waals surface area contributed by atoms with Gasteiger partial charge in [0.2, 0.25) is 0 Å². The predicted molar refractivity (Wildman–Crippen MR) is 31.0 cm³/mol. The van der Waals surface area contributed by atoms with Gasteiger partial charge in [-0.15, -0.1) is 0 Å². The second-order valence-electron chi connectivity index (χ2n) is 1.97. The molecule has 1 aliphatic rings. The average Bonchev–Trinajstić information content (AvgIpc) is 2.12. The molecule has 1 fully saturated rings. The van der Waals surface area contributed by atoms with E-state index in [4.69, 9.17) is 29.0 Å². The van der Waals surface area contributed by atoms with Crippen molar-refractivity contribution in [3.8, 4) is 0 Å². The van der Waals surface area contributed by atoms with Crippen LogP contribution in [0.25, 0.3) is 0 Å². The summed E-state index contributed by atoms with van der Waals surface area (Å²) in [5, 5.41) is 0. The van der Waals surface area contributed by atoms with Crippen molar-refractivity contribution >= 4 is 10.4 Å². The van der Waals surface area contributed by atoms with E-state index in [2.05, 4.69) is 0 Å². The molecule has 0 radical (unpaired) electrons. The Labute approximate surface area is 79.2 Å². The van der Waals surface area contributed by atoms with E-state index in [1.165, 1.54) is 0 Å². The van der Waals surface area contributed by atoms with E-state index in [-0.39, 0.29) is 21.1 Å². The first-order chi connectivity index (χ1) is 4.30. The van der Waals surface area contributed by atoms with Gasteiger partial charge in [-0.25, -0.2) is 0 Å². The van der Waals surface area contributed by atoms with Crippen LogP contribution in [0.2, 0.25) is 0 Å². The van der Waals surface area contributed by atoms with Gasteiger partial charge in [-0.05, 0) is 6.42 Å². The first-order valence-electron chi connectivity index (χ1n) is 2.48. The van der Waals surface area contributed by atoms with Crippen LogP contribution in [0.3, 0.4) is 0 Å². The molecule has 0 aromatic carbocycles. The van der Waals surface area contributed by atoms with Crippen molar-refractivity contribution in [1.82, 2.24) is 0 Å². The molecule has 0 heterocycles. The van der Waals surface area contributed by atoms with Gasteiger partial charge in [0.1, 0.15) is 0 Å². The standard InChI is InChI=1S/C3H8N2.H2O4S.Pt/c4-2-1-3(2)5;1-5(2,3)4;/h2-3H,1,4-5H2;(H2,1,2,3,4);/q;;+2/p-2/t2-,3-;;/m1../s1. The quantitative estimate of drug-likeness (QED) is 0.368.